The summed E-state index contributed by atoms with van der Waals surface area (Å²) in [5, 5.41) is 13.8. The Balaban J connectivity index is 0.00000121. The van der Waals surface area contributed by atoms with E-state index >= 15 is 0 Å². The standard InChI is InChI=1S/C14H19ClN4O.2ClH/c15-13-6-5-11-14(18-13)19(9-17-11)8-2-3-10-12(20)4-1-7-16-10;;/h5-6,9-10,12,16,20H,1-4,7-8H2;2*1H/t10-,12+;;/m1../s1. The molecule has 0 unspecified atom stereocenters. The fraction of sp³-hybridized carbons (Fsp3) is 0.571. The zero-order valence-corrected chi connectivity index (χ0v) is 14.5. The molecule has 0 aromatic carbocycles. The molecule has 2 aromatic heterocycles. The van der Waals surface area contributed by atoms with Gasteiger partial charge >= 0.3 is 0 Å². The van der Waals surface area contributed by atoms with Gasteiger partial charge in [0.1, 0.15) is 10.7 Å². The first-order chi connectivity index (χ1) is 9.74. The van der Waals surface area contributed by atoms with E-state index in [4.69, 9.17) is 11.6 Å². The fourth-order valence-corrected chi connectivity index (χ4v) is 2.94. The molecule has 3 heterocycles. The summed E-state index contributed by atoms with van der Waals surface area (Å²) in [5.74, 6) is 0. The zero-order valence-electron chi connectivity index (χ0n) is 12.1. The number of aromatic nitrogens is 3. The average Bonchev–Trinajstić information content (AvgIpc) is 2.83. The number of imidazole rings is 1. The number of pyridine rings is 1. The maximum atomic E-state index is 9.92. The van der Waals surface area contributed by atoms with Crippen molar-refractivity contribution in [1.29, 1.82) is 0 Å². The summed E-state index contributed by atoms with van der Waals surface area (Å²) in [6, 6.07) is 3.85. The molecule has 2 aromatic rings. The minimum absolute atomic E-state index is 0. The van der Waals surface area contributed by atoms with Crippen molar-refractivity contribution in [3.05, 3.63) is 23.6 Å². The van der Waals surface area contributed by atoms with Gasteiger partial charge in [-0.3, -0.25) is 0 Å². The second-order valence-electron chi connectivity index (χ2n) is 5.33. The summed E-state index contributed by atoms with van der Waals surface area (Å²) in [6.07, 6.45) is 5.50. The molecule has 3 rings (SSSR count). The number of hydrogen-bond acceptors (Lipinski definition) is 4. The Morgan fingerprint density at radius 2 is 2.18 bits per heavy atom. The minimum atomic E-state index is -0.212. The van der Waals surface area contributed by atoms with Crippen LogP contribution in [0.3, 0.4) is 0 Å². The van der Waals surface area contributed by atoms with Gasteiger partial charge in [0.2, 0.25) is 0 Å². The van der Waals surface area contributed by atoms with Gasteiger partial charge in [-0.25, -0.2) is 9.97 Å². The first-order valence-corrected chi connectivity index (χ1v) is 7.50. The number of halogens is 3. The number of nitrogens with one attached hydrogen (secondary N) is 1. The topological polar surface area (TPSA) is 63.0 Å². The molecule has 1 fully saturated rings. The third-order valence-electron chi connectivity index (χ3n) is 3.89. The summed E-state index contributed by atoms with van der Waals surface area (Å²) >= 11 is 5.93. The van der Waals surface area contributed by atoms with Crippen LogP contribution in [0.4, 0.5) is 0 Å². The predicted octanol–water partition coefficient (Wildman–Crippen LogP) is 2.82. The van der Waals surface area contributed by atoms with Crippen LogP contribution in [0.1, 0.15) is 25.7 Å². The maximum Gasteiger partial charge on any atom is 0.161 e. The Morgan fingerprint density at radius 1 is 1.36 bits per heavy atom. The van der Waals surface area contributed by atoms with Crippen molar-refractivity contribution in [3.8, 4) is 0 Å². The van der Waals surface area contributed by atoms with Gasteiger partial charge in [0.05, 0.1) is 12.4 Å². The van der Waals surface area contributed by atoms with Crippen molar-refractivity contribution in [2.24, 2.45) is 0 Å². The molecule has 124 valence electrons. The number of piperidine rings is 1. The van der Waals surface area contributed by atoms with E-state index in [0.29, 0.717) is 5.15 Å². The number of rotatable bonds is 4. The SMILES string of the molecule is Cl.Cl.O[C@H]1CCCN[C@@H]1CCCn1cnc2ccc(Cl)nc21. The van der Waals surface area contributed by atoms with Gasteiger partial charge in [-0.1, -0.05) is 11.6 Å². The predicted molar refractivity (Wildman–Crippen MR) is 93.3 cm³/mol. The summed E-state index contributed by atoms with van der Waals surface area (Å²) in [7, 11) is 0. The second kappa shape index (κ2) is 8.89. The van der Waals surface area contributed by atoms with Gasteiger partial charge < -0.3 is 15.0 Å². The van der Waals surface area contributed by atoms with Crippen LogP contribution in [-0.4, -0.2) is 38.3 Å². The summed E-state index contributed by atoms with van der Waals surface area (Å²) < 4.78 is 2.02. The number of hydrogen-bond donors (Lipinski definition) is 2. The van der Waals surface area contributed by atoms with Crippen LogP contribution in [0.5, 0.6) is 0 Å². The summed E-state index contributed by atoms with van der Waals surface area (Å²) in [5.41, 5.74) is 1.69. The van der Waals surface area contributed by atoms with E-state index in [2.05, 4.69) is 15.3 Å². The molecular formula is C14H21Cl3N4O. The van der Waals surface area contributed by atoms with E-state index in [1.165, 1.54) is 0 Å². The lowest BCUT2D eigenvalue weighted by Crippen LogP contribution is -2.44. The molecule has 0 radical (unpaired) electrons. The smallest absolute Gasteiger partial charge is 0.161 e. The van der Waals surface area contributed by atoms with Crippen molar-refractivity contribution in [2.75, 3.05) is 6.54 Å². The number of aliphatic hydroxyl groups is 1. The largest absolute Gasteiger partial charge is 0.392 e. The highest BCUT2D eigenvalue weighted by Crippen LogP contribution is 2.17. The molecule has 22 heavy (non-hydrogen) atoms. The lowest BCUT2D eigenvalue weighted by Gasteiger charge is -2.28. The Labute approximate surface area is 147 Å². The van der Waals surface area contributed by atoms with E-state index < -0.39 is 0 Å². The van der Waals surface area contributed by atoms with E-state index in [1.807, 2.05) is 10.6 Å². The van der Waals surface area contributed by atoms with Gasteiger partial charge in [-0.2, -0.15) is 0 Å². The normalized spacial score (nSPS) is 21.2. The molecule has 0 spiro atoms. The minimum Gasteiger partial charge on any atom is -0.392 e. The van der Waals surface area contributed by atoms with Crippen LogP contribution in [0.25, 0.3) is 11.2 Å². The number of fused-ring (bicyclic) bond motifs is 1. The third kappa shape index (κ3) is 4.46. The van der Waals surface area contributed by atoms with Crippen LogP contribution in [0.15, 0.2) is 18.5 Å². The monoisotopic (exact) mass is 366 g/mol. The Bertz CT molecular complexity index is 592. The van der Waals surface area contributed by atoms with Gasteiger partial charge in [-0.05, 0) is 44.4 Å². The molecule has 2 N–H and O–H groups in total. The molecule has 0 amide bonds. The van der Waals surface area contributed by atoms with Gasteiger partial charge in [0.25, 0.3) is 0 Å². The second-order valence-corrected chi connectivity index (χ2v) is 5.71. The van der Waals surface area contributed by atoms with Gasteiger partial charge in [-0.15, -0.1) is 24.8 Å². The lowest BCUT2D eigenvalue weighted by molar-refractivity contribution is 0.0909. The van der Waals surface area contributed by atoms with Crippen LogP contribution in [0, 0.1) is 0 Å². The molecular weight excluding hydrogens is 347 g/mol. The van der Waals surface area contributed by atoms with Crippen LogP contribution in [-0.2, 0) is 6.54 Å². The molecule has 8 heteroatoms. The third-order valence-corrected chi connectivity index (χ3v) is 4.10. The van der Waals surface area contributed by atoms with Crippen molar-refractivity contribution >= 4 is 47.6 Å². The lowest BCUT2D eigenvalue weighted by atomic mass is 9.97. The Morgan fingerprint density at radius 3 is 2.95 bits per heavy atom. The highest BCUT2D eigenvalue weighted by molar-refractivity contribution is 6.29. The van der Waals surface area contributed by atoms with Crippen molar-refractivity contribution in [2.45, 2.75) is 44.4 Å². The van der Waals surface area contributed by atoms with E-state index in [-0.39, 0.29) is 37.0 Å². The number of aryl methyl sites for hydroxylation is 1. The quantitative estimate of drug-likeness (QED) is 0.816. The molecule has 0 bridgehead atoms. The first kappa shape index (κ1) is 19.5. The molecule has 1 aliphatic rings. The van der Waals surface area contributed by atoms with E-state index in [0.717, 1.165) is 49.9 Å². The van der Waals surface area contributed by atoms with Crippen LogP contribution >= 0.6 is 36.4 Å². The molecule has 0 saturated carbocycles. The Kier molecular flexibility index (Phi) is 7.86. The van der Waals surface area contributed by atoms with Crippen LogP contribution < -0.4 is 5.32 Å². The molecule has 0 aliphatic carbocycles. The molecule has 2 atom stereocenters. The zero-order chi connectivity index (χ0) is 13.9. The summed E-state index contributed by atoms with van der Waals surface area (Å²) in [6.45, 7) is 1.85. The molecule has 5 nitrogen and oxygen atoms in total. The first-order valence-electron chi connectivity index (χ1n) is 7.13. The Hall–Kier alpha value is -0.590. The van der Waals surface area contributed by atoms with Gasteiger partial charge in [0.15, 0.2) is 5.65 Å². The van der Waals surface area contributed by atoms with E-state index in [9.17, 15) is 5.11 Å². The number of aliphatic hydroxyl groups excluding tert-OH is 1. The van der Waals surface area contributed by atoms with Gasteiger partial charge in [0, 0.05) is 12.6 Å². The van der Waals surface area contributed by atoms with Crippen molar-refractivity contribution in [1.82, 2.24) is 19.9 Å². The number of nitrogens with zero attached hydrogens (tertiary/aromatic N) is 3. The summed E-state index contributed by atoms with van der Waals surface area (Å²) in [4.78, 5) is 8.63. The van der Waals surface area contributed by atoms with Crippen LogP contribution in [0.2, 0.25) is 5.15 Å². The molecule has 1 saturated heterocycles. The average molecular weight is 368 g/mol. The van der Waals surface area contributed by atoms with Crippen molar-refractivity contribution < 1.29 is 5.11 Å². The highest BCUT2D eigenvalue weighted by atomic mass is 35.5. The van der Waals surface area contributed by atoms with Crippen molar-refractivity contribution in [3.63, 3.8) is 0 Å². The maximum absolute atomic E-state index is 9.92. The highest BCUT2D eigenvalue weighted by Gasteiger charge is 2.21. The fourth-order valence-electron chi connectivity index (χ4n) is 2.79. The van der Waals surface area contributed by atoms with E-state index in [1.54, 1.807) is 12.4 Å². The molecule has 1 aliphatic heterocycles.